The number of rotatable bonds is 3. The number of halogens is 1. The van der Waals surface area contributed by atoms with Gasteiger partial charge in [-0.05, 0) is 6.54 Å². The zero-order chi connectivity index (χ0) is 13.6. The van der Waals surface area contributed by atoms with Crippen LogP contribution in [-0.4, -0.2) is 45.5 Å². The standard InChI is InChI=1S/C10H14ClN3O4/c1-2-12-6-9(13(15)16)4-3-8(11)10(5-9,7-12)14(17)18/h3H,2,4-7H2,1H3/t9-,10+/m1/s1. The van der Waals surface area contributed by atoms with Crippen molar-refractivity contribution in [1.29, 1.82) is 0 Å². The molecule has 2 bridgehead atoms. The fraction of sp³-hybridized carbons (Fsp3) is 0.800. The Morgan fingerprint density at radius 2 is 2.06 bits per heavy atom. The third-order valence-corrected chi connectivity index (χ3v) is 4.42. The molecule has 1 aliphatic carbocycles. The van der Waals surface area contributed by atoms with E-state index in [1.807, 2.05) is 6.92 Å². The van der Waals surface area contributed by atoms with E-state index < -0.39 is 16.0 Å². The van der Waals surface area contributed by atoms with E-state index in [1.54, 1.807) is 4.90 Å². The van der Waals surface area contributed by atoms with E-state index in [0.717, 1.165) is 0 Å². The predicted octanol–water partition coefficient (Wildman–Crippen LogP) is 1.27. The molecule has 18 heavy (non-hydrogen) atoms. The number of nitro groups is 2. The zero-order valence-corrected chi connectivity index (χ0v) is 10.7. The van der Waals surface area contributed by atoms with Crippen molar-refractivity contribution in [3.63, 3.8) is 0 Å². The van der Waals surface area contributed by atoms with Crippen molar-refractivity contribution in [3.8, 4) is 0 Å². The zero-order valence-electron chi connectivity index (χ0n) is 9.97. The van der Waals surface area contributed by atoms with Crippen molar-refractivity contribution in [1.82, 2.24) is 4.90 Å². The maximum atomic E-state index is 11.4. The summed E-state index contributed by atoms with van der Waals surface area (Å²) in [4.78, 5) is 23.5. The molecule has 100 valence electrons. The molecule has 8 heteroatoms. The largest absolute Gasteiger partial charge is 0.290 e. The van der Waals surface area contributed by atoms with Gasteiger partial charge in [-0.1, -0.05) is 24.6 Å². The van der Waals surface area contributed by atoms with Crippen LogP contribution in [0.3, 0.4) is 0 Å². The average molecular weight is 276 g/mol. The van der Waals surface area contributed by atoms with Gasteiger partial charge >= 0.3 is 0 Å². The number of likely N-dealkylation sites (N-methyl/N-ethyl adjacent to an activating group) is 1. The molecule has 0 saturated carbocycles. The first-order valence-electron chi connectivity index (χ1n) is 5.74. The van der Waals surface area contributed by atoms with E-state index in [2.05, 4.69) is 0 Å². The van der Waals surface area contributed by atoms with Gasteiger partial charge in [0.05, 0.1) is 24.5 Å². The van der Waals surface area contributed by atoms with Crippen LogP contribution >= 0.6 is 11.6 Å². The summed E-state index contributed by atoms with van der Waals surface area (Å²) in [5.74, 6) is 0. The van der Waals surface area contributed by atoms with Crippen LogP contribution in [0.5, 0.6) is 0 Å². The third kappa shape index (κ3) is 1.69. The molecule has 7 nitrogen and oxygen atoms in total. The summed E-state index contributed by atoms with van der Waals surface area (Å²) in [5, 5.41) is 22.8. The number of hydrogen-bond acceptors (Lipinski definition) is 5. The highest BCUT2D eigenvalue weighted by Crippen LogP contribution is 2.45. The van der Waals surface area contributed by atoms with E-state index in [-0.39, 0.29) is 35.9 Å². The minimum Gasteiger partial charge on any atom is -0.290 e. The molecule has 1 heterocycles. The van der Waals surface area contributed by atoms with Gasteiger partial charge < -0.3 is 0 Å². The number of hydrogen-bond donors (Lipinski definition) is 0. The molecule has 1 saturated heterocycles. The van der Waals surface area contributed by atoms with Crippen molar-refractivity contribution < 1.29 is 9.85 Å². The number of piperidine rings is 1. The monoisotopic (exact) mass is 275 g/mol. The summed E-state index contributed by atoms with van der Waals surface area (Å²) in [5.41, 5.74) is -2.79. The second kappa shape index (κ2) is 4.17. The molecule has 2 atom stereocenters. The van der Waals surface area contributed by atoms with Crippen LogP contribution in [0.15, 0.2) is 11.1 Å². The maximum Gasteiger partial charge on any atom is 0.276 e. The summed E-state index contributed by atoms with van der Waals surface area (Å²) in [6.07, 6.45) is 1.49. The van der Waals surface area contributed by atoms with Crippen molar-refractivity contribution in [3.05, 3.63) is 31.3 Å². The van der Waals surface area contributed by atoms with Crippen LogP contribution < -0.4 is 0 Å². The van der Waals surface area contributed by atoms with Crippen molar-refractivity contribution in [2.45, 2.75) is 30.8 Å². The Bertz CT molecular complexity index is 441. The molecule has 2 rings (SSSR count). The molecule has 0 aromatic heterocycles. The van der Waals surface area contributed by atoms with Crippen molar-refractivity contribution in [2.24, 2.45) is 0 Å². The number of likely N-dealkylation sites (tertiary alicyclic amines) is 1. The molecule has 1 aliphatic heterocycles. The van der Waals surface area contributed by atoms with Gasteiger partial charge in [-0.2, -0.15) is 0 Å². The molecule has 0 amide bonds. The topological polar surface area (TPSA) is 89.5 Å². The van der Waals surface area contributed by atoms with Crippen molar-refractivity contribution in [2.75, 3.05) is 19.6 Å². The van der Waals surface area contributed by atoms with Crippen LogP contribution in [-0.2, 0) is 0 Å². The van der Waals surface area contributed by atoms with E-state index in [0.29, 0.717) is 6.54 Å². The normalized spacial score (nSPS) is 36.0. The van der Waals surface area contributed by atoms with E-state index >= 15 is 0 Å². The second-order valence-corrected chi connectivity index (χ2v) is 5.41. The number of fused-ring (bicyclic) bond motifs is 2. The lowest BCUT2D eigenvalue weighted by molar-refractivity contribution is -0.620. The first-order valence-corrected chi connectivity index (χ1v) is 6.11. The lowest BCUT2D eigenvalue weighted by Gasteiger charge is -2.44. The molecule has 1 fully saturated rings. The van der Waals surface area contributed by atoms with Crippen LogP contribution in [0, 0.1) is 20.2 Å². The van der Waals surface area contributed by atoms with Crippen LogP contribution in [0.1, 0.15) is 19.8 Å². The smallest absolute Gasteiger partial charge is 0.276 e. The van der Waals surface area contributed by atoms with Gasteiger partial charge in [0, 0.05) is 16.3 Å². The Morgan fingerprint density at radius 3 is 2.56 bits per heavy atom. The second-order valence-electron chi connectivity index (χ2n) is 5.01. The molecule has 0 aromatic rings. The minimum absolute atomic E-state index is 0.119. The van der Waals surface area contributed by atoms with Gasteiger partial charge in [0.1, 0.15) is 0 Å². The quantitative estimate of drug-likeness (QED) is 0.571. The van der Waals surface area contributed by atoms with Crippen molar-refractivity contribution >= 4 is 11.6 Å². The Balaban J connectivity index is 2.51. The van der Waals surface area contributed by atoms with Gasteiger partial charge in [0.2, 0.25) is 5.54 Å². The molecule has 0 spiro atoms. The molecule has 0 aromatic carbocycles. The molecule has 0 N–H and O–H groups in total. The van der Waals surface area contributed by atoms with Crippen LogP contribution in [0.25, 0.3) is 0 Å². The summed E-state index contributed by atoms with van der Waals surface area (Å²) in [6, 6.07) is 0. The highest BCUT2D eigenvalue weighted by Gasteiger charge is 2.65. The van der Waals surface area contributed by atoms with Gasteiger partial charge in [-0.15, -0.1) is 0 Å². The van der Waals surface area contributed by atoms with Gasteiger partial charge in [-0.3, -0.25) is 25.1 Å². The van der Waals surface area contributed by atoms with Crippen LogP contribution in [0.2, 0.25) is 0 Å². The fourth-order valence-corrected chi connectivity index (χ4v) is 3.17. The fourth-order valence-electron chi connectivity index (χ4n) is 2.89. The third-order valence-electron chi connectivity index (χ3n) is 3.91. The Kier molecular flexibility index (Phi) is 3.06. The summed E-state index contributed by atoms with van der Waals surface area (Å²) >= 11 is 5.99. The average Bonchev–Trinajstić information content (AvgIpc) is 2.33. The summed E-state index contributed by atoms with van der Waals surface area (Å²) in [7, 11) is 0. The first-order chi connectivity index (χ1) is 8.36. The van der Waals surface area contributed by atoms with E-state index in [1.165, 1.54) is 6.08 Å². The highest BCUT2D eigenvalue weighted by molar-refractivity contribution is 6.30. The van der Waals surface area contributed by atoms with Crippen LogP contribution in [0.4, 0.5) is 0 Å². The summed E-state index contributed by atoms with van der Waals surface area (Å²) < 4.78 is 0. The highest BCUT2D eigenvalue weighted by atomic mass is 35.5. The molecular formula is C10H14ClN3O4. The Morgan fingerprint density at radius 1 is 1.39 bits per heavy atom. The molecular weight excluding hydrogens is 262 g/mol. The minimum atomic E-state index is -1.51. The van der Waals surface area contributed by atoms with Gasteiger partial charge in [0.15, 0.2) is 0 Å². The summed E-state index contributed by atoms with van der Waals surface area (Å²) in [6.45, 7) is 2.75. The lowest BCUT2D eigenvalue weighted by atomic mass is 9.72. The SMILES string of the molecule is CCN1C[C@@]2([N+](=O)[O-])CC=C(Cl)[C@@]([N+](=O)[O-])(C1)C2. The lowest BCUT2D eigenvalue weighted by Crippen LogP contribution is -2.66. The molecule has 0 radical (unpaired) electrons. The first kappa shape index (κ1) is 13.2. The maximum absolute atomic E-state index is 11.4. The Labute approximate surface area is 109 Å². The predicted molar refractivity (Wildman–Crippen MR) is 64.7 cm³/mol. The molecule has 0 unspecified atom stereocenters. The van der Waals surface area contributed by atoms with E-state index in [9.17, 15) is 20.2 Å². The van der Waals surface area contributed by atoms with E-state index in [4.69, 9.17) is 11.6 Å². The molecule has 2 aliphatic rings. The Hall–Kier alpha value is -1.21. The van der Waals surface area contributed by atoms with Gasteiger partial charge in [0.25, 0.3) is 5.54 Å². The number of nitrogens with zero attached hydrogens (tertiary/aromatic N) is 3. The van der Waals surface area contributed by atoms with Gasteiger partial charge in [-0.25, -0.2) is 0 Å².